The average molecular weight is 785 g/mol. The van der Waals surface area contributed by atoms with Gasteiger partial charge in [0.2, 0.25) is 17.5 Å². The molecule has 0 radical (unpaired) electrons. The molecule has 18 nitrogen and oxygen atoms in total. The van der Waals surface area contributed by atoms with Gasteiger partial charge in [-0.3, -0.25) is 4.79 Å². The molecule has 0 bridgehead atoms. The van der Waals surface area contributed by atoms with Crippen LogP contribution in [0.25, 0.3) is 28.2 Å². The smallest absolute Gasteiger partial charge is 0.330 e. The highest BCUT2D eigenvalue weighted by Gasteiger charge is 2.51. The maximum Gasteiger partial charge on any atom is 0.330 e. The van der Waals surface area contributed by atoms with Crippen LogP contribution >= 0.6 is 0 Å². The number of aliphatic hydroxyl groups is 5. The Hall–Kier alpha value is -5.44. The van der Waals surface area contributed by atoms with E-state index in [9.17, 15) is 45.3 Å². The first-order chi connectivity index (χ1) is 26.8. The zero-order chi connectivity index (χ0) is 40.3. The molecule has 2 aliphatic rings. The van der Waals surface area contributed by atoms with E-state index < -0.39 is 79.9 Å². The lowest BCUT2D eigenvalue weighted by Crippen LogP contribution is -2.60. The van der Waals surface area contributed by atoms with Crippen molar-refractivity contribution in [3.05, 3.63) is 76.7 Å². The van der Waals surface area contributed by atoms with Crippen LogP contribution in [0.1, 0.15) is 5.56 Å². The molecule has 8 unspecified atom stereocenters. The Morgan fingerprint density at radius 1 is 0.893 bits per heavy atom. The lowest BCUT2D eigenvalue weighted by Gasteiger charge is -2.40. The number of aromatic hydroxyl groups is 2. The van der Waals surface area contributed by atoms with Gasteiger partial charge in [-0.15, -0.1) is 0 Å². The fourth-order valence-corrected chi connectivity index (χ4v) is 6.13. The van der Waals surface area contributed by atoms with Crippen LogP contribution in [-0.2, 0) is 23.7 Å². The zero-order valence-corrected chi connectivity index (χ0v) is 30.1. The summed E-state index contributed by atoms with van der Waals surface area (Å²) in [6.45, 7) is -1.73. The van der Waals surface area contributed by atoms with Gasteiger partial charge in [0.15, 0.2) is 34.9 Å². The van der Waals surface area contributed by atoms with Gasteiger partial charge in [0.25, 0.3) is 0 Å². The standard InChI is InChI=1S/C38H40O18/c1-48-23-10-7-19(12-22(23)40)21-14-51-24-13-25(33(49-2)34(50-3)28(24)29(21)42)55-36-32(45)31(44)30(43)26(56-36)15-52-37-35(46)38(47,17-54-37)16-53-27(41)11-6-18-4-8-20(39)9-5-18/h4-14,26,30-32,35-37,39-40,43-47H,15-17H2,1-3H3. The third-order valence-electron chi connectivity index (χ3n) is 9.25. The average Bonchev–Trinajstić information content (AvgIpc) is 3.48. The number of hydrogen-bond donors (Lipinski definition) is 7. The van der Waals surface area contributed by atoms with Crippen LogP contribution in [0.5, 0.6) is 34.5 Å². The maximum absolute atomic E-state index is 13.7. The molecule has 3 heterocycles. The van der Waals surface area contributed by atoms with Crippen LogP contribution in [-0.4, -0.2) is 132 Å². The zero-order valence-electron chi connectivity index (χ0n) is 30.1. The second-order valence-electron chi connectivity index (χ2n) is 12.9. The van der Waals surface area contributed by atoms with E-state index in [1.807, 2.05) is 0 Å². The number of carbonyl (C=O) groups excluding carboxylic acids is 1. The highest BCUT2D eigenvalue weighted by atomic mass is 16.7. The van der Waals surface area contributed by atoms with Crippen LogP contribution in [0.3, 0.4) is 0 Å². The first-order valence-corrected chi connectivity index (χ1v) is 17.0. The van der Waals surface area contributed by atoms with E-state index in [1.165, 1.54) is 64.0 Å². The quantitative estimate of drug-likeness (QED) is 0.0730. The molecule has 4 aromatic rings. The summed E-state index contributed by atoms with van der Waals surface area (Å²) in [5, 5.41) is 73.6. The van der Waals surface area contributed by atoms with Gasteiger partial charge in [-0.1, -0.05) is 18.2 Å². The number of ether oxygens (including phenoxy) is 8. The van der Waals surface area contributed by atoms with E-state index in [0.717, 1.165) is 6.08 Å². The number of carbonyl (C=O) groups is 1. The SMILES string of the molecule is COc1ccc(-c2coc3cc(OC4OC(COC5OCC(O)(COC(=O)C=Cc6ccc(O)cc6)C5O)C(O)C(O)C4O)c(OC)c(OC)c3c2=O)cc1O. The number of fused-ring (bicyclic) bond motifs is 1. The Morgan fingerprint density at radius 3 is 2.30 bits per heavy atom. The molecule has 0 saturated carbocycles. The van der Waals surface area contributed by atoms with Gasteiger partial charge in [0.1, 0.15) is 60.1 Å². The minimum atomic E-state index is -2.07. The molecular weight excluding hydrogens is 744 g/mol. The number of hydrogen-bond acceptors (Lipinski definition) is 18. The monoisotopic (exact) mass is 784 g/mol. The summed E-state index contributed by atoms with van der Waals surface area (Å²) < 4.78 is 49.7. The lowest BCUT2D eigenvalue weighted by atomic mass is 9.99. The molecular formula is C38H40O18. The van der Waals surface area contributed by atoms with Gasteiger partial charge in [-0.25, -0.2) is 4.79 Å². The van der Waals surface area contributed by atoms with E-state index in [2.05, 4.69) is 0 Å². The minimum Gasteiger partial charge on any atom is -0.508 e. The van der Waals surface area contributed by atoms with E-state index in [-0.39, 0.29) is 51.0 Å². The lowest BCUT2D eigenvalue weighted by molar-refractivity contribution is -0.289. The summed E-state index contributed by atoms with van der Waals surface area (Å²) in [6.07, 6.45) is -8.03. The molecule has 56 heavy (non-hydrogen) atoms. The Morgan fingerprint density at radius 2 is 1.62 bits per heavy atom. The van der Waals surface area contributed by atoms with Crippen molar-refractivity contribution in [1.29, 1.82) is 0 Å². The van der Waals surface area contributed by atoms with Gasteiger partial charge in [0.05, 0.1) is 40.1 Å². The fourth-order valence-electron chi connectivity index (χ4n) is 6.13. The van der Waals surface area contributed by atoms with Crippen molar-refractivity contribution in [3.63, 3.8) is 0 Å². The molecule has 0 aliphatic carbocycles. The molecule has 1 aromatic heterocycles. The fraction of sp³-hybridized carbons (Fsp3) is 0.368. The third-order valence-corrected chi connectivity index (χ3v) is 9.25. The highest BCUT2D eigenvalue weighted by Crippen LogP contribution is 2.44. The van der Waals surface area contributed by atoms with Gasteiger partial charge in [-0.2, -0.15) is 0 Å². The van der Waals surface area contributed by atoms with E-state index in [0.29, 0.717) is 11.1 Å². The molecule has 300 valence electrons. The molecule has 18 heteroatoms. The molecule has 6 rings (SSSR count). The van der Waals surface area contributed by atoms with E-state index >= 15 is 0 Å². The van der Waals surface area contributed by atoms with E-state index in [1.54, 1.807) is 18.2 Å². The predicted octanol–water partition coefficient (Wildman–Crippen LogP) is 0.805. The summed E-state index contributed by atoms with van der Waals surface area (Å²) in [6, 6.07) is 11.6. The van der Waals surface area contributed by atoms with Crippen LogP contribution in [0.2, 0.25) is 0 Å². The van der Waals surface area contributed by atoms with Crippen molar-refractivity contribution in [1.82, 2.24) is 0 Å². The van der Waals surface area contributed by atoms with Crippen molar-refractivity contribution in [2.45, 2.75) is 48.7 Å². The van der Waals surface area contributed by atoms with Crippen molar-refractivity contribution < 1.29 is 82.9 Å². The third kappa shape index (κ3) is 8.08. The van der Waals surface area contributed by atoms with Crippen LogP contribution < -0.4 is 24.4 Å². The van der Waals surface area contributed by atoms with Crippen LogP contribution in [0, 0.1) is 0 Å². The maximum atomic E-state index is 13.7. The van der Waals surface area contributed by atoms with Crippen molar-refractivity contribution in [2.75, 3.05) is 41.2 Å². The summed E-state index contributed by atoms with van der Waals surface area (Å²) in [4.78, 5) is 26.0. The predicted molar refractivity (Wildman–Crippen MR) is 191 cm³/mol. The Labute approximate surface area is 317 Å². The van der Waals surface area contributed by atoms with E-state index in [4.69, 9.17) is 42.3 Å². The van der Waals surface area contributed by atoms with Crippen LogP contribution in [0.4, 0.5) is 0 Å². The molecule has 2 aliphatic heterocycles. The Bertz CT molecular complexity index is 2110. The largest absolute Gasteiger partial charge is 0.508 e. The Kier molecular flexibility index (Phi) is 12.0. The number of rotatable bonds is 13. The Balaban J connectivity index is 1.14. The number of phenolic OH excluding ortho intramolecular Hbond substituents is 2. The summed E-state index contributed by atoms with van der Waals surface area (Å²) >= 11 is 0. The van der Waals surface area contributed by atoms with Crippen molar-refractivity contribution in [3.8, 4) is 45.6 Å². The van der Waals surface area contributed by atoms with Crippen molar-refractivity contribution in [2.24, 2.45) is 0 Å². The second kappa shape index (κ2) is 16.7. The van der Waals surface area contributed by atoms with Gasteiger partial charge in [-0.05, 0) is 41.5 Å². The normalized spacial score (nSPS) is 26.3. The second-order valence-corrected chi connectivity index (χ2v) is 12.9. The molecule has 7 N–H and O–H groups in total. The first kappa shape index (κ1) is 40.2. The number of methoxy groups -OCH3 is 3. The van der Waals surface area contributed by atoms with Gasteiger partial charge in [0, 0.05) is 12.1 Å². The number of phenols is 2. The minimum absolute atomic E-state index is 0.0335. The highest BCUT2D eigenvalue weighted by molar-refractivity contribution is 5.92. The molecule has 3 aromatic carbocycles. The molecule has 2 saturated heterocycles. The summed E-state index contributed by atoms with van der Waals surface area (Å²) in [7, 11) is 3.92. The molecule has 0 spiro atoms. The van der Waals surface area contributed by atoms with Gasteiger partial charge >= 0.3 is 5.97 Å². The molecule has 0 amide bonds. The van der Waals surface area contributed by atoms with Crippen LogP contribution in [0.15, 0.2) is 70.1 Å². The molecule has 2 fully saturated rings. The van der Waals surface area contributed by atoms with Crippen molar-refractivity contribution >= 4 is 23.0 Å². The first-order valence-electron chi connectivity index (χ1n) is 17.0. The number of aliphatic hydroxyl groups excluding tert-OH is 4. The topological polar surface area (TPSA) is 263 Å². The molecule has 8 atom stereocenters. The van der Waals surface area contributed by atoms with Gasteiger partial charge < -0.3 is 78.1 Å². The summed E-state index contributed by atoms with van der Waals surface area (Å²) in [5.41, 5.74) is -1.66. The number of esters is 1. The number of benzene rings is 3. The summed E-state index contributed by atoms with van der Waals surface area (Å²) in [5.74, 6) is -1.18.